The molecule has 208 valence electrons. The van der Waals surface area contributed by atoms with Crippen LogP contribution in [0.1, 0.15) is 54.3 Å². The monoisotopic (exact) mass is 542 g/mol. The highest BCUT2D eigenvalue weighted by Crippen LogP contribution is 2.34. The summed E-state index contributed by atoms with van der Waals surface area (Å²) in [6.45, 7) is 6.77. The van der Waals surface area contributed by atoms with Gasteiger partial charge < -0.3 is 25.5 Å². The third kappa shape index (κ3) is 5.37. The van der Waals surface area contributed by atoms with Crippen molar-refractivity contribution in [2.24, 2.45) is 5.73 Å². The Balaban J connectivity index is 1.59. The van der Waals surface area contributed by atoms with Crippen molar-refractivity contribution in [3.8, 4) is 16.9 Å². The molecule has 1 fully saturated rings. The molecular weight excluding hydrogens is 508 g/mol. The lowest BCUT2D eigenvalue weighted by molar-refractivity contribution is 0.0139. The number of carbonyl (C=O) groups is 3. The van der Waals surface area contributed by atoms with Crippen molar-refractivity contribution in [3.05, 3.63) is 65.7 Å². The van der Waals surface area contributed by atoms with E-state index in [0.717, 1.165) is 21.9 Å². The van der Waals surface area contributed by atoms with E-state index in [1.54, 1.807) is 46.1 Å². The van der Waals surface area contributed by atoms with Crippen LogP contribution in [0.15, 0.2) is 54.6 Å². The van der Waals surface area contributed by atoms with Gasteiger partial charge in [0, 0.05) is 27.9 Å². The number of rotatable bonds is 5. The van der Waals surface area contributed by atoms with Gasteiger partial charge in [-0.15, -0.1) is 0 Å². The van der Waals surface area contributed by atoms with Gasteiger partial charge in [-0.3, -0.25) is 9.59 Å². The highest BCUT2D eigenvalue weighted by atomic mass is 16.6. The minimum atomic E-state index is -0.741. The minimum absolute atomic E-state index is 0.270. The van der Waals surface area contributed by atoms with Gasteiger partial charge in [0.2, 0.25) is 0 Å². The van der Waals surface area contributed by atoms with Crippen molar-refractivity contribution in [2.45, 2.75) is 45.3 Å². The Morgan fingerprint density at radius 2 is 1.70 bits per heavy atom. The summed E-state index contributed by atoms with van der Waals surface area (Å²) in [5.74, 6) is -0.294. The summed E-state index contributed by atoms with van der Waals surface area (Å²) in [7, 11) is 1.60. The smallest absolute Gasteiger partial charge is 0.417 e. The number of fused-ring (bicyclic) bond motifs is 3. The fraction of sp³-hybridized carbons (Fsp3) is 0.323. The van der Waals surface area contributed by atoms with Gasteiger partial charge in [0.25, 0.3) is 11.8 Å². The highest BCUT2D eigenvalue weighted by molar-refractivity contribution is 6.17. The van der Waals surface area contributed by atoms with E-state index in [9.17, 15) is 14.4 Å². The zero-order valence-corrected chi connectivity index (χ0v) is 23.2. The molecule has 0 spiro atoms. The van der Waals surface area contributed by atoms with Gasteiger partial charge in [-0.2, -0.15) is 0 Å². The number of aromatic nitrogens is 1. The lowest BCUT2D eigenvalue weighted by Crippen LogP contribution is -2.50. The Morgan fingerprint density at radius 3 is 2.38 bits per heavy atom. The van der Waals surface area contributed by atoms with Crippen molar-refractivity contribution < 1.29 is 23.9 Å². The molecule has 1 aromatic heterocycles. The van der Waals surface area contributed by atoms with Gasteiger partial charge in [-0.25, -0.2) is 9.69 Å². The third-order valence-electron chi connectivity index (χ3n) is 7.11. The topological polar surface area (TPSA) is 127 Å². The summed E-state index contributed by atoms with van der Waals surface area (Å²) in [5, 5.41) is 4.89. The number of hydrogen-bond acceptors (Lipinski definition) is 6. The van der Waals surface area contributed by atoms with Gasteiger partial charge in [-0.05, 0) is 94.2 Å². The fourth-order valence-corrected chi connectivity index (χ4v) is 5.22. The predicted molar refractivity (Wildman–Crippen MR) is 155 cm³/mol. The molecule has 4 aromatic rings. The Bertz CT molecular complexity index is 1610. The first-order valence-corrected chi connectivity index (χ1v) is 13.4. The molecule has 3 aromatic carbocycles. The molecular formula is C31H34N4O5. The number of carbonyl (C=O) groups excluding carboxylic acids is 3. The van der Waals surface area contributed by atoms with E-state index in [2.05, 4.69) is 10.3 Å². The quantitative estimate of drug-likeness (QED) is 0.317. The van der Waals surface area contributed by atoms with Crippen LogP contribution in [-0.4, -0.2) is 59.6 Å². The molecule has 3 amide bonds. The van der Waals surface area contributed by atoms with Crippen molar-refractivity contribution in [1.29, 1.82) is 0 Å². The molecule has 1 aliphatic rings. The van der Waals surface area contributed by atoms with Crippen molar-refractivity contribution in [3.63, 3.8) is 0 Å². The van der Waals surface area contributed by atoms with Crippen molar-refractivity contribution in [1.82, 2.24) is 15.2 Å². The van der Waals surface area contributed by atoms with E-state index < -0.39 is 23.5 Å². The number of H-pyrrole nitrogens is 1. The first-order valence-electron chi connectivity index (χ1n) is 13.4. The summed E-state index contributed by atoms with van der Waals surface area (Å²) in [6, 6.07) is 16.3. The summed E-state index contributed by atoms with van der Waals surface area (Å²) in [4.78, 5) is 44.0. The summed E-state index contributed by atoms with van der Waals surface area (Å²) < 4.78 is 11.0. The molecule has 0 radical (unpaired) electrons. The van der Waals surface area contributed by atoms with Gasteiger partial charge in [0.1, 0.15) is 11.4 Å². The standard InChI is InChI=1S/C31H34N4O5/c1-31(2,3)40-30(38)35(21-10-12-33-13-11-21)29(37)19-8-9-23-24-15-20(18-6-5-7-22(14-18)39-4)16-25(28(32)36)27(24)34-26(23)17-19/h5-9,14-17,21,33-34H,10-13H2,1-4H3,(H2,32,36). The SMILES string of the molecule is COc1cccc(-c2cc(C(N)=O)c3[nH]c4cc(C(=O)N(C(=O)OC(C)(C)C)C5CCNCC5)ccc4c3c2)c1. The van der Waals surface area contributed by atoms with Crippen LogP contribution < -0.4 is 15.8 Å². The molecule has 0 unspecified atom stereocenters. The number of primary amides is 1. The molecule has 0 aliphatic carbocycles. The first-order chi connectivity index (χ1) is 19.1. The fourth-order valence-electron chi connectivity index (χ4n) is 5.22. The number of nitrogens with one attached hydrogen (secondary N) is 2. The molecule has 9 nitrogen and oxygen atoms in total. The van der Waals surface area contributed by atoms with Crippen LogP contribution in [0.4, 0.5) is 4.79 Å². The number of amides is 3. The predicted octanol–water partition coefficient (Wildman–Crippen LogP) is 5.22. The second-order valence-corrected chi connectivity index (χ2v) is 11.1. The number of nitrogens with two attached hydrogens (primary N) is 1. The molecule has 9 heteroatoms. The molecule has 0 atom stereocenters. The van der Waals surface area contributed by atoms with Crippen LogP contribution in [0, 0.1) is 0 Å². The number of piperidine rings is 1. The molecule has 4 N–H and O–H groups in total. The van der Waals surface area contributed by atoms with E-state index in [4.69, 9.17) is 15.2 Å². The Labute approximate surface area is 232 Å². The van der Waals surface area contributed by atoms with Crippen molar-refractivity contribution >= 4 is 39.7 Å². The zero-order chi connectivity index (χ0) is 28.6. The minimum Gasteiger partial charge on any atom is -0.497 e. The molecule has 1 aliphatic heterocycles. The van der Waals surface area contributed by atoms with Crippen LogP contribution in [0.3, 0.4) is 0 Å². The molecule has 40 heavy (non-hydrogen) atoms. The number of hydrogen-bond donors (Lipinski definition) is 3. The number of methoxy groups -OCH3 is 1. The molecule has 5 rings (SSSR count). The maximum atomic E-state index is 13.8. The van der Waals surface area contributed by atoms with Crippen LogP contribution in [0.2, 0.25) is 0 Å². The normalized spacial score (nSPS) is 14.3. The number of ether oxygens (including phenoxy) is 2. The van der Waals surface area contributed by atoms with Crippen LogP contribution in [0.5, 0.6) is 5.75 Å². The highest BCUT2D eigenvalue weighted by Gasteiger charge is 2.35. The van der Waals surface area contributed by atoms with E-state index in [0.29, 0.717) is 53.8 Å². The van der Waals surface area contributed by atoms with E-state index >= 15 is 0 Å². The van der Waals surface area contributed by atoms with Gasteiger partial charge in [-0.1, -0.05) is 18.2 Å². The second kappa shape index (κ2) is 10.7. The summed E-state index contributed by atoms with van der Waals surface area (Å²) in [5.41, 5.74) is 8.65. The lowest BCUT2D eigenvalue weighted by atomic mass is 9.98. The maximum Gasteiger partial charge on any atom is 0.417 e. The van der Waals surface area contributed by atoms with E-state index in [1.165, 1.54) is 4.90 Å². The van der Waals surface area contributed by atoms with Crippen LogP contribution in [0.25, 0.3) is 32.9 Å². The average Bonchev–Trinajstić information content (AvgIpc) is 3.30. The Morgan fingerprint density at radius 1 is 0.950 bits per heavy atom. The van der Waals surface area contributed by atoms with Gasteiger partial charge in [0.05, 0.1) is 18.2 Å². The number of benzene rings is 3. The van der Waals surface area contributed by atoms with Crippen molar-refractivity contribution in [2.75, 3.05) is 20.2 Å². The lowest BCUT2D eigenvalue weighted by Gasteiger charge is -2.34. The number of aromatic amines is 1. The first kappa shape index (κ1) is 27.2. The van der Waals surface area contributed by atoms with Crippen LogP contribution >= 0.6 is 0 Å². The third-order valence-corrected chi connectivity index (χ3v) is 7.11. The number of nitrogens with zero attached hydrogens (tertiary/aromatic N) is 1. The Kier molecular flexibility index (Phi) is 7.25. The molecule has 2 heterocycles. The van der Waals surface area contributed by atoms with Gasteiger partial charge in [0.15, 0.2) is 0 Å². The molecule has 0 bridgehead atoms. The summed E-state index contributed by atoms with van der Waals surface area (Å²) in [6.07, 6.45) is 0.642. The zero-order valence-electron chi connectivity index (χ0n) is 23.2. The van der Waals surface area contributed by atoms with Gasteiger partial charge >= 0.3 is 6.09 Å². The van der Waals surface area contributed by atoms with E-state index in [-0.39, 0.29) is 6.04 Å². The second-order valence-electron chi connectivity index (χ2n) is 11.1. The maximum absolute atomic E-state index is 13.8. The summed E-state index contributed by atoms with van der Waals surface area (Å²) >= 11 is 0. The van der Waals surface area contributed by atoms with E-state index in [1.807, 2.05) is 36.4 Å². The molecule has 1 saturated heterocycles. The molecule has 0 saturated carbocycles. The Hall–Kier alpha value is -4.37. The average molecular weight is 543 g/mol. The number of imide groups is 1. The largest absolute Gasteiger partial charge is 0.497 e. The van der Waals surface area contributed by atoms with Crippen LogP contribution in [-0.2, 0) is 4.74 Å².